The van der Waals surface area contributed by atoms with Crippen molar-refractivity contribution >= 4 is 11.8 Å². The van der Waals surface area contributed by atoms with Crippen LogP contribution >= 0.6 is 11.8 Å². The molecule has 0 bridgehead atoms. The van der Waals surface area contributed by atoms with Gasteiger partial charge in [0.25, 0.3) is 5.56 Å². The normalized spacial score (nSPS) is 20.2. The molecule has 2 heterocycles. The highest BCUT2D eigenvalue weighted by molar-refractivity contribution is 7.99. The van der Waals surface area contributed by atoms with Gasteiger partial charge in [0.15, 0.2) is 0 Å². The molecule has 0 aromatic carbocycles. The third-order valence-electron chi connectivity index (χ3n) is 2.60. The zero-order chi connectivity index (χ0) is 11.4. The van der Waals surface area contributed by atoms with E-state index in [2.05, 4.69) is 15.3 Å². The van der Waals surface area contributed by atoms with E-state index in [4.69, 9.17) is 0 Å². The zero-order valence-corrected chi connectivity index (χ0v) is 10.3. The average Bonchev–Trinajstić information content (AvgIpc) is 2.79. The van der Waals surface area contributed by atoms with Crippen LogP contribution in [0, 0.1) is 0 Å². The maximum Gasteiger partial charge on any atom is 0.251 e. The monoisotopic (exact) mass is 239 g/mol. The topological polar surface area (TPSA) is 57.8 Å². The predicted molar refractivity (Wildman–Crippen MR) is 66.7 cm³/mol. The lowest BCUT2D eigenvalue weighted by Crippen LogP contribution is -2.19. The van der Waals surface area contributed by atoms with E-state index in [1.54, 1.807) is 6.07 Å². The number of hydrogen-bond donors (Lipinski definition) is 2. The first-order valence-corrected chi connectivity index (χ1v) is 6.77. The highest BCUT2D eigenvalue weighted by Crippen LogP contribution is 2.37. The van der Waals surface area contributed by atoms with Crippen molar-refractivity contribution in [3.63, 3.8) is 0 Å². The lowest BCUT2D eigenvalue weighted by Gasteiger charge is -2.09. The van der Waals surface area contributed by atoms with E-state index < -0.39 is 0 Å². The van der Waals surface area contributed by atoms with Crippen LogP contribution < -0.4 is 10.9 Å². The maximum absolute atomic E-state index is 11.5. The minimum absolute atomic E-state index is 0.0367. The van der Waals surface area contributed by atoms with Crippen LogP contribution in [0.2, 0.25) is 0 Å². The molecule has 1 fully saturated rings. The van der Waals surface area contributed by atoms with Crippen molar-refractivity contribution < 1.29 is 0 Å². The van der Waals surface area contributed by atoms with Gasteiger partial charge in [-0.25, -0.2) is 4.98 Å². The molecule has 1 atom stereocenters. The summed E-state index contributed by atoms with van der Waals surface area (Å²) in [6.45, 7) is 3.60. The molecule has 0 spiro atoms. The summed E-state index contributed by atoms with van der Waals surface area (Å²) < 4.78 is 0. The smallest absolute Gasteiger partial charge is 0.251 e. The molecule has 1 aliphatic heterocycles. The molecule has 0 saturated carbocycles. The summed E-state index contributed by atoms with van der Waals surface area (Å²) >= 11 is 1.88. The van der Waals surface area contributed by atoms with Crippen LogP contribution in [-0.2, 0) is 6.54 Å². The van der Waals surface area contributed by atoms with Crippen LogP contribution in [0.3, 0.4) is 0 Å². The summed E-state index contributed by atoms with van der Waals surface area (Å²) in [7, 11) is 0. The first kappa shape index (κ1) is 11.7. The number of aromatic nitrogens is 2. The lowest BCUT2D eigenvalue weighted by atomic mass is 10.2. The first-order valence-electron chi connectivity index (χ1n) is 5.72. The van der Waals surface area contributed by atoms with Crippen molar-refractivity contribution in [3.8, 4) is 0 Å². The van der Waals surface area contributed by atoms with Gasteiger partial charge in [-0.05, 0) is 25.1 Å². The minimum Gasteiger partial charge on any atom is -0.311 e. The Hall–Kier alpha value is -0.810. The van der Waals surface area contributed by atoms with Crippen molar-refractivity contribution in [2.45, 2.75) is 31.6 Å². The van der Waals surface area contributed by atoms with Gasteiger partial charge in [-0.15, -0.1) is 0 Å². The minimum atomic E-state index is -0.0367. The van der Waals surface area contributed by atoms with Crippen LogP contribution in [-0.4, -0.2) is 22.3 Å². The predicted octanol–water partition coefficient (Wildman–Crippen LogP) is 1.45. The van der Waals surface area contributed by atoms with E-state index in [-0.39, 0.29) is 5.56 Å². The Kier molecular flexibility index (Phi) is 4.01. The van der Waals surface area contributed by atoms with Crippen LogP contribution in [0.15, 0.2) is 10.9 Å². The molecule has 88 valence electrons. The number of nitrogens with zero attached hydrogens (tertiary/aromatic N) is 1. The van der Waals surface area contributed by atoms with Crippen LogP contribution in [0.1, 0.15) is 36.5 Å². The van der Waals surface area contributed by atoms with Gasteiger partial charge in [0.2, 0.25) is 0 Å². The number of nitrogens with one attached hydrogen (secondary N) is 2. The SMILES string of the molecule is CCNCc1cc(=O)[nH]c(C2CCCS2)n1. The lowest BCUT2D eigenvalue weighted by molar-refractivity contribution is 0.689. The molecule has 1 unspecified atom stereocenters. The Bertz CT molecular complexity index is 398. The van der Waals surface area contributed by atoms with Gasteiger partial charge in [-0.2, -0.15) is 11.8 Å². The number of thioether (sulfide) groups is 1. The fourth-order valence-electron chi connectivity index (χ4n) is 1.82. The van der Waals surface area contributed by atoms with E-state index in [9.17, 15) is 4.79 Å². The Balaban J connectivity index is 2.17. The van der Waals surface area contributed by atoms with Gasteiger partial charge in [0.1, 0.15) is 5.82 Å². The third-order valence-corrected chi connectivity index (χ3v) is 3.99. The molecule has 1 aromatic rings. The Morgan fingerprint density at radius 1 is 1.69 bits per heavy atom. The molecule has 5 heteroatoms. The highest BCUT2D eigenvalue weighted by Gasteiger charge is 2.20. The first-order chi connectivity index (χ1) is 7.79. The Labute approximate surface area is 99.3 Å². The molecule has 16 heavy (non-hydrogen) atoms. The number of aromatic amines is 1. The Morgan fingerprint density at radius 3 is 3.25 bits per heavy atom. The highest BCUT2D eigenvalue weighted by atomic mass is 32.2. The van der Waals surface area contributed by atoms with Crippen LogP contribution in [0.4, 0.5) is 0 Å². The van der Waals surface area contributed by atoms with E-state index in [1.165, 1.54) is 12.2 Å². The average molecular weight is 239 g/mol. The molecule has 2 rings (SSSR count). The van der Waals surface area contributed by atoms with Gasteiger partial charge in [0, 0.05) is 12.6 Å². The fraction of sp³-hybridized carbons (Fsp3) is 0.636. The van der Waals surface area contributed by atoms with Crippen LogP contribution in [0.5, 0.6) is 0 Å². The van der Waals surface area contributed by atoms with Gasteiger partial charge in [0.05, 0.1) is 10.9 Å². The van der Waals surface area contributed by atoms with E-state index in [0.717, 1.165) is 24.5 Å². The quantitative estimate of drug-likeness (QED) is 0.835. The molecular weight excluding hydrogens is 222 g/mol. The summed E-state index contributed by atoms with van der Waals surface area (Å²) in [5.74, 6) is 2.02. The van der Waals surface area contributed by atoms with Gasteiger partial charge < -0.3 is 10.3 Å². The molecular formula is C11H17N3OS. The second-order valence-electron chi connectivity index (χ2n) is 3.90. The van der Waals surface area contributed by atoms with Gasteiger partial charge >= 0.3 is 0 Å². The summed E-state index contributed by atoms with van der Waals surface area (Å²) in [5.41, 5.74) is 0.804. The summed E-state index contributed by atoms with van der Waals surface area (Å²) in [5, 5.41) is 3.57. The fourth-order valence-corrected chi connectivity index (χ4v) is 3.04. The van der Waals surface area contributed by atoms with Gasteiger partial charge in [-0.1, -0.05) is 6.92 Å². The standard InChI is InChI=1S/C11H17N3OS/c1-2-12-7-8-6-10(15)14-11(13-8)9-4-3-5-16-9/h6,9,12H,2-5,7H2,1H3,(H,13,14,15). The van der Waals surface area contributed by atoms with E-state index in [0.29, 0.717) is 11.8 Å². The molecule has 4 nitrogen and oxygen atoms in total. The van der Waals surface area contributed by atoms with Crippen molar-refractivity contribution in [2.75, 3.05) is 12.3 Å². The largest absolute Gasteiger partial charge is 0.311 e. The van der Waals surface area contributed by atoms with E-state index >= 15 is 0 Å². The summed E-state index contributed by atoms with van der Waals surface area (Å²) in [6.07, 6.45) is 2.34. The maximum atomic E-state index is 11.5. The number of hydrogen-bond acceptors (Lipinski definition) is 4. The second-order valence-corrected chi connectivity index (χ2v) is 5.21. The van der Waals surface area contributed by atoms with Crippen molar-refractivity contribution in [1.82, 2.24) is 15.3 Å². The molecule has 1 aromatic heterocycles. The van der Waals surface area contributed by atoms with E-state index in [1.807, 2.05) is 18.7 Å². The zero-order valence-electron chi connectivity index (χ0n) is 9.45. The van der Waals surface area contributed by atoms with Crippen molar-refractivity contribution in [1.29, 1.82) is 0 Å². The molecule has 2 N–H and O–H groups in total. The summed E-state index contributed by atoms with van der Waals surface area (Å²) in [4.78, 5) is 18.9. The molecule has 0 radical (unpaired) electrons. The molecule has 1 saturated heterocycles. The van der Waals surface area contributed by atoms with Crippen molar-refractivity contribution in [3.05, 3.63) is 27.9 Å². The van der Waals surface area contributed by atoms with Crippen molar-refractivity contribution in [2.24, 2.45) is 0 Å². The Morgan fingerprint density at radius 2 is 2.56 bits per heavy atom. The van der Waals surface area contributed by atoms with Gasteiger partial charge in [-0.3, -0.25) is 4.79 Å². The van der Waals surface area contributed by atoms with Crippen LogP contribution in [0.25, 0.3) is 0 Å². The molecule has 1 aliphatic rings. The number of rotatable bonds is 4. The molecule has 0 aliphatic carbocycles. The number of H-pyrrole nitrogens is 1. The second kappa shape index (κ2) is 5.50. The summed E-state index contributed by atoms with van der Waals surface area (Å²) in [6, 6.07) is 1.58. The third kappa shape index (κ3) is 2.86. The molecule has 0 amide bonds.